The summed E-state index contributed by atoms with van der Waals surface area (Å²) in [6.45, 7) is 1.97. The predicted molar refractivity (Wildman–Crippen MR) is 129 cm³/mol. The van der Waals surface area contributed by atoms with Gasteiger partial charge >= 0.3 is 0 Å². The quantitative estimate of drug-likeness (QED) is 0.209. The number of hydrogen-bond donors (Lipinski definition) is 4. The van der Waals surface area contributed by atoms with Crippen LogP contribution in [0.5, 0.6) is 5.75 Å². The van der Waals surface area contributed by atoms with Crippen LogP contribution < -0.4 is 26.8 Å². The van der Waals surface area contributed by atoms with E-state index in [-0.39, 0.29) is 11.9 Å². The molecule has 0 aliphatic heterocycles. The van der Waals surface area contributed by atoms with Gasteiger partial charge in [-0.05, 0) is 42.8 Å². The molecule has 10 heteroatoms. The number of aryl methyl sites for hydroxylation is 1. The highest BCUT2D eigenvalue weighted by atomic mass is 79.9. The lowest BCUT2D eigenvalue weighted by atomic mass is 10.1. The van der Waals surface area contributed by atoms with Gasteiger partial charge < -0.3 is 16.2 Å². The Labute approximate surface area is 194 Å². The van der Waals surface area contributed by atoms with E-state index in [1.165, 1.54) is 19.3 Å². The SMILES string of the molecule is COc1ccc(Br)cc1C=CC(=O)NC(N)=NN=C(N)NC(=O)C=Cc1ccc(C)cc1. The molecule has 0 unspecified atom stereocenters. The number of carbonyl (C=O) groups is 2. The highest BCUT2D eigenvalue weighted by Gasteiger charge is 2.03. The number of rotatable bonds is 6. The van der Waals surface area contributed by atoms with Crippen molar-refractivity contribution in [1.82, 2.24) is 10.6 Å². The number of ether oxygens (including phenoxy) is 1. The summed E-state index contributed by atoms with van der Waals surface area (Å²) in [6, 6.07) is 13.0. The van der Waals surface area contributed by atoms with Crippen molar-refractivity contribution in [2.45, 2.75) is 6.92 Å². The largest absolute Gasteiger partial charge is 0.496 e. The molecule has 2 aromatic rings. The first-order valence-corrected chi connectivity index (χ1v) is 10.1. The predicted octanol–water partition coefficient (Wildman–Crippen LogP) is 2.27. The number of hydrogen-bond acceptors (Lipinski definition) is 5. The number of carbonyl (C=O) groups excluding carboxylic acids is 2. The second-order valence-electron chi connectivity index (χ2n) is 6.41. The zero-order valence-corrected chi connectivity index (χ0v) is 19.1. The number of nitrogens with one attached hydrogen (secondary N) is 2. The van der Waals surface area contributed by atoms with Crippen LogP contribution in [0.4, 0.5) is 0 Å². The fourth-order valence-corrected chi connectivity index (χ4v) is 2.72. The lowest BCUT2D eigenvalue weighted by Gasteiger charge is -2.05. The van der Waals surface area contributed by atoms with Crippen LogP contribution in [0, 0.1) is 6.92 Å². The first kappa shape index (κ1) is 24.4. The van der Waals surface area contributed by atoms with Gasteiger partial charge in [0.1, 0.15) is 5.75 Å². The normalized spacial score (nSPS) is 12.2. The Bertz CT molecular complexity index is 1090. The van der Waals surface area contributed by atoms with Crippen molar-refractivity contribution in [3.8, 4) is 5.75 Å². The zero-order valence-electron chi connectivity index (χ0n) is 17.5. The summed E-state index contributed by atoms with van der Waals surface area (Å²) >= 11 is 3.36. The second kappa shape index (κ2) is 12.1. The summed E-state index contributed by atoms with van der Waals surface area (Å²) in [5.74, 6) is -1.01. The molecule has 6 N–H and O–H groups in total. The molecule has 0 fully saturated rings. The minimum atomic E-state index is -0.535. The van der Waals surface area contributed by atoms with Crippen LogP contribution in [-0.4, -0.2) is 30.8 Å². The number of benzene rings is 2. The van der Waals surface area contributed by atoms with Crippen LogP contribution in [-0.2, 0) is 9.59 Å². The van der Waals surface area contributed by atoms with Gasteiger partial charge in [-0.2, -0.15) is 0 Å². The second-order valence-corrected chi connectivity index (χ2v) is 7.33. The highest BCUT2D eigenvalue weighted by Crippen LogP contribution is 2.23. The van der Waals surface area contributed by atoms with Crippen LogP contribution in [0.3, 0.4) is 0 Å². The maximum atomic E-state index is 12.0. The smallest absolute Gasteiger partial charge is 0.250 e. The van der Waals surface area contributed by atoms with Crippen molar-refractivity contribution < 1.29 is 14.3 Å². The van der Waals surface area contributed by atoms with Gasteiger partial charge in [-0.1, -0.05) is 45.8 Å². The van der Waals surface area contributed by atoms with Crippen LogP contribution in [0.1, 0.15) is 16.7 Å². The van der Waals surface area contributed by atoms with E-state index in [1.807, 2.05) is 37.3 Å². The molecule has 2 aromatic carbocycles. The van der Waals surface area contributed by atoms with E-state index < -0.39 is 11.8 Å². The van der Waals surface area contributed by atoms with Crippen LogP contribution in [0.2, 0.25) is 0 Å². The van der Waals surface area contributed by atoms with Crippen molar-refractivity contribution >= 4 is 51.8 Å². The zero-order chi connectivity index (χ0) is 23.5. The first-order valence-electron chi connectivity index (χ1n) is 9.31. The molecule has 9 nitrogen and oxygen atoms in total. The average molecular weight is 499 g/mol. The topological polar surface area (TPSA) is 144 Å². The van der Waals surface area contributed by atoms with E-state index in [9.17, 15) is 9.59 Å². The minimum absolute atomic E-state index is 0.282. The molecule has 0 heterocycles. The third-order valence-electron chi connectivity index (χ3n) is 3.88. The van der Waals surface area contributed by atoms with Crippen LogP contribution in [0.15, 0.2) is 69.3 Å². The Morgan fingerprint density at radius 3 is 2.06 bits per heavy atom. The molecule has 0 atom stereocenters. The maximum absolute atomic E-state index is 12.0. The van der Waals surface area contributed by atoms with E-state index in [0.29, 0.717) is 11.3 Å². The summed E-state index contributed by atoms with van der Waals surface area (Å²) in [4.78, 5) is 23.9. The first-order chi connectivity index (χ1) is 15.3. The molecule has 0 aromatic heterocycles. The van der Waals surface area contributed by atoms with Gasteiger partial charge in [0.25, 0.3) is 11.8 Å². The Kier molecular flexibility index (Phi) is 9.18. The molecule has 0 radical (unpaired) electrons. The molecule has 166 valence electrons. The van der Waals surface area contributed by atoms with Crippen molar-refractivity contribution in [2.75, 3.05) is 7.11 Å². The molecule has 0 aliphatic rings. The molecule has 2 amide bonds. The minimum Gasteiger partial charge on any atom is -0.496 e. The van der Waals surface area contributed by atoms with Crippen LogP contribution >= 0.6 is 15.9 Å². The molecule has 2 rings (SSSR count). The molecular weight excluding hydrogens is 476 g/mol. The number of nitrogens with zero attached hydrogens (tertiary/aromatic N) is 2. The van der Waals surface area contributed by atoms with E-state index in [2.05, 4.69) is 36.8 Å². The van der Waals surface area contributed by atoms with Crippen molar-refractivity contribution in [1.29, 1.82) is 0 Å². The molecule has 0 saturated carbocycles. The molecule has 0 spiro atoms. The number of halogens is 1. The van der Waals surface area contributed by atoms with Gasteiger partial charge in [-0.15, -0.1) is 10.2 Å². The third kappa shape index (κ3) is 8.44. The van der Waals surface area contributed by atoms with Crippen molar-refractivity contribution in [3.63, 3.8) is 0 Å². The van der Waals surface area contributed by atoms with Gasteiger partial charge in [-0.3, -0.25) is 20.2 Å². The van der Waals surface area contributed by atoms with E-state index in [0.717, 1.165) is 15.6 Å². The monoisotopic (exact) mass is 498 g/mol. The lowest BCUT2D eigenvalue weighted by molar-refractivity contribution is -0.116. The van der Waals surface area contributed by atoms with Crippen molar-refractivity contribution in [3.05, 3.63) is 75.8 Å². The lowest BCUT2D eigenvalue weighted by Crippen LogP contribution is -2.37. The highest BCUT2D eigenvalue weighted by molar-refractivity contribution is 9.10. The summed E-state index contributed by atoms with van der Waals surface area (Å²) in [5, 5.41) is 11.8. The summed E-state index contributed by atoms with van der Waals surface area (Å²) < 4.78 is 6.07. The van der Waals surface area contributed by atoms with E-state index in [4.69, 9.17) is 16.2 Å². The van der Waals surface area contributed by atoms with Gasteiger partial charge in [0, 0.05) is 22.2 Å². The number of guanidine groups is 2. The summed E-state index contributed by atoms with van der Waals surface area (Å²) in [5.41, 5.74) is 13.9. The molecule has 0 aliphatic carbocycles. The fraction of sp³-hybridized carbons (Fsp3) is 0.0909. The number of methoxy groups -OCH3 is 1. The summed E-state index contributed by atoms with van der Waals surface area (Å²) in [7, 11) is 1.53. The van der Waals surface area contributed by atoms with Gasteiger partial charge in [0.05, 0.1) is 7.11 Å². The van der Waals surface area contributed by atoms with Crippen LogP contribution in [0.25, 0.3) is 12.2 Å². The Morgan fingerprint density at radius 1 is 0.938 bits per heavy atom. The van der Waals surface area contributed by atoms with Crippen molar-refractivity contribution in [2.24, 2.45) is 21.7 Å². The number of amides is 2. The molecular formula is C22H23BrN6O3. The van der Waals surface area contributed by atoms with E-state index >= 15 is 0 Å². The number of nitrogens with two attached hydrogens (primary N) is 2. The van der Waals surface area contributed by atoms with Gasteiger partial charge in [0.15, 0.2) is 0 Å². The summed E-state index contributed by atoms with van der Waals surface area (Å²) in [6.07, 6.45) is 5.76. The Hall–Kier alpha value is -3.92. The third-order valence-corrected chi connectivity index (χ3v) is 4.37. The average Bonchev–Trinajstić information content (AvgIpc) is 2.76. The molecule has 0 bridgehead atoms. The van der Waals surface area contributed by atoms with Gasteiger partial charge in [-0.25, -0.2) is 0 Å². The molecule has 32 heavy (non-hydrogen) atoms. The molecule has 0 saturated heterocycles. The Balaban J connectivity index is 1.90. The fourth-order valence-electron chi connectivity index (χ4n) is 2.34. The Morgan fingerprint density at radius 2 is 1.50 bits per heavy atom. The van der Waals surface area contributed by atoms with Gasteiger partial charge in [0.2, 0.25) is 11.9 Å². The standard InChI is InChI=1S/C22H23BrN6O3/c1-14-3-5-15(6-4-14)7-11-19(30)26-21(24)28-29-22(25)27-20(31)12-8-16-13-17(23)9-10-18(16)32-2/h3-13H,1-2H3,(H3,24,26,28,30)(H3,25,27,29,31). The maximum Gasteiger partial charge on any atom is 0.250 e. The van der Waals surface area contributed by atoms with E-state index in [1.54, 1.807) is 24.3 Å².